The first kappa shape index (κ1) is 26.3. The minimum absolute atomic E-state index is 0.408. The maximum atomic E-state index is 2.46. The number of hydrogen-bond acceptors (Lipinski definition) is 0. The lowest BCUT2D eigenvalue weighted by Gasteiger charge is -2.43. The zero-order chi connectivity index (χ0) is 21.2. The molecule has 1 aromatic carbocycles. The topological polar surface area (TPSA) is 0 Å². The summed E-state index contributed by atoms with van der Waals surface area (Å²) in [5, 5.41) is 0. The van der Waals surface area contributed by atoms with Crippen LogP contribution in [0.5, 0.6) is 0 Å². The number of unbranched alkanes of at least 4 members (excludes halogenated alkanes) is 9. The first-order valence-corrected chi connectivity index (χ1v) is 13.3. The van der Waals surface area contributed by atoms with Gasteiger partial charge in [0.05, 0.1) is 0 Å². The molecule has 0 radical (unpaired) electrons. The average molecular weight is 401 g/mol. The second-order valence-corrected chi connectivity index (χ2v) is 9.48. The molecule has 0 amide bonds. The van der Waals surface area contributed by atoms with E-state index < -0.39 is 0 Å². The van der Waals surface area contributed by atoms with Crippen molar-refractivity contribution >= 4 is 0 Å². The Balaban J connectivity index is 3.01. The van der Waals surface area contributed by atoms with Crippen LogP contribution >= 0.6 is 0 Å². The highest BCUT2D eigenvalue weighted by Crippen LogP contribution is 2.46. The lowest BCUT2D eigenvalue weighted by Crippen LogP contribution is -2.36. The van der Waals surface area contributed by atoms with Crippen LogP contribution in [0.2, 0.25) is 0 Å². The quantitative estimate of drug-likeness (QED) is 0.203. The van der Waals surface area contributed by atoms with E-state index in [9.17, 15) is 0 Å². The van der Waals surface area contributed by atoms with Crippen LogP contribution in [0.4, 0.5) is 0 Å². The minimum atomic E-state index is 0.408. The summed E-state index contributed by atoms with van der Waals surface area (Å²) in [6.45, 7) is 9.42. The van der Waals surface area contributed by atoms with E-state index in [1.54, 1.807) is 5.56 Å². The van der Waals surface area contributed by atoms with Crippen LogP contribution in [0.3, 0.4) is 0 Å². The van der Waals surface area contributed by atoms with Gasteiger partial charge in [0.25, 0.3) is 0 Å². The van der Waals surface area contributed by atoms with Crippen LogP contribution in [0, 0.1) is 5.92 Å². The highest BCUT2D eigenvalue weighted by atomic mass is 14.4. The van der Waals surface area contributed by atoms with Gasteiger partial charge in [-0.1, -0.05) is 141 Å². The van der Waals surface area contributed by atoms with Crippen molar-refractivity contribution in [3.63, 3.8) is 0 Å². The molecule has 0 aliphatic rings. The van der Waals surface area contributed by atoms with Crippen molar-refractivity contribution in [1.29, 1.82) is 0 Å². The van der Waals surface area contributed by atoms with E-state index in [0.29, 0.717) is 5.41 Å². The maximum Gasteiger partial charge on any atom is -0.00188 e. The van der Waals surface area contributed by atoms with Crippen molar-refractivity contribution < 1.29 is 0 Å². The lowest BCUT2D eigenvalue weighted by atomic mass is 9.61. The fourth-order valence-corrected chi connectivity index (χ4v) is 5.43. The molecule has 0 saturated heterocycles. The summed E-state index contributed by atoms with van der Waals surface area (Å²) in [6, 6.07) is 11.7. The van der Waals surface area contributed by atoms with E-state index in [1.165, 1.54) is 109 Å². The van der Waals surface area contributed by atoms with E-state index >= 15 is 0 Å². The van der Waals surface area contributed by atoms with Gasteiger partial charge >= 0.3 is 0 Å². The predicted octanol–water partition coefficient (Wildman–Crippen LogP) is 10.3. The molecule has 0 aliphatic carbocycles. The molecule has 0 heterocycles. The standard InChI is InChI=1S/C29H52/c1-5-9-12-13-14-16-22-27(21-8-4)29(25-19-10-6-2,26-20-11-7-3)28-23-17-15-18-24-28/h15,17-18,23-24,27H,5-14,16,19-22,25-26H2,1-4H3. The molecule has 168 valence electrons. The largest absolute Gasteiger partial charge is 0.0654 e. The zero-order valence-corrected chi connectivity index (χ0v) is 20.5. The molecular formula is C29H52. The van der Waals surface area contributed by atoms with E-state index in [-0.39, 0.29) is 0 Å². The molecule has 1 aromatic rings. The molecule has 0 aromatic heterocycles. The van der Waals surface area contributed by atoms with E-state index in [4.69, 9.17) is 0 Å². The minimum Gasteiger partial charge on any atom is -0.0654 e. The number of rotatable bonds is 19. The van der Waals surface area contributed by atoms with Crippen LogP contribution in [0.15, 0.2) is 30.3 Å². The molecule has 0 heteroatoms. The Labute approximate surface area is 184 Å². The van der Waals surface area contributed by atoms with Gasteiger partial charge in [-0.2, -0.15) is 0 Å². The maximum absolute atomic E-state index is 2.46. The lowest BCUT2D eigenvalue weighted by molar-refractivity contribution is 0.187. The van der Waals surface area contributed by atoms with Crippen LogP contribution in [-0.4, -0.2) is 0 Å². The molecule has 0 saturated carbocycles. The molecule has 0 nitrogen and oxygen atoms in total. The molecule has 0 fully saturated rings. The Bertz CT molecular complexity index is 450. The van der Waals surface area contributed by atoms with Crippen LogP contribution in [-0.2, 0) is 5.41 Å². The summed E-state index contributed by atoms with van der Waals surface area (Å²) in [5.41, 5.74) is 2.06. The Morgan fingerprint density at radius 1 is 0.552 bits per heavy atom. The zero-order valence-electron chi connectivity index (χ0n) is 20.5. The van der Waals surface area contributed by atoms with Gasteiger partial charge in [-0.25, -0.2) is 0 Å². The Morgan fingerprint density at radius 3 is 1.62 bits per heavy atom. The highest BCUT2D eigenvalue weighted by Gasteiger charge is 2.38. The van der Waals surface area contributed by atoms with Crippen molar-refractivity contribution in [3.05, 3.63) is 35.9 Å². The molecule has 0 bridgehead atoms. The second-order valence-electron chi connectivity index (χ2n) is 9.48. The third-order valence-electron chi connectivity index (χ3n) is 7.13. The predicted molar refractivity (Wildman–Crippen MR) is 133 cm³/mol. The Kier molecular flexibility index (Phi) is 15.4. The summed E-state index contributed by atoms with van der Waals surface area (Å²) >= 11 is 0. The smallest absolute Gasteiger partial charge is 0.00188 e. The molecular weight excluding hydrogens is 348 g/mol. The normalized spacial score (nSPS) is 13.0. The van der Waals surface area contributed by atoms with Crippen LogP contribution in [0.25, 0.3) is 0 Å². The summed E-state index contributed by atoms with van der Waals surface area (Å²) < 4.78 is 0. The second kappa shape index (κ2) is 17.0. The first-order valence-electron chi connectivity index (χ1n) is 13.3. The Hall–Kier alpha value is -0.780. The van der Waals surface area contributed by atoms with Crippen molar-refractivity contribution in [1.82, 2.24) is 0 Å². The molecule has 0 spiro atoms. The van der Waals surface area contributed by atoms with Gasteiger partial charge < -0.3 is 0 Å². The Morgan fingerprint density at radius 2 is 1.07 bits per heavy atom. The SMILES string of the molecule is CCCCCCCCC(CCC)C(CCCCC)(CCCCC)c1ccccc1. The molecule has 1 atom stereocenters. The van der Waals surface area contributed by atoms with Gasteiger partial charge in [0.2, 0.25) is 0 Å². The fourth-order valence-electron chi connectivity index (χ4n) is 5.43. The van der Waals surface area contributed by atoms with E-state index in [1.807, 2.05) is 0 Å². The van der Waals surface area contributed by atoms with Gasteiger partial charge in [0, 0.05) is 0 Å². The van der Waals surface area contributed by atoms with Gasteiger partial charge in [-0.05, 0) is 42.6 Å². The molecule has 0 aliphatic heterocycles. The molecule has 1 unspecified atom stereocenters. The third-order valence-corrected chi connectivity index (χ3v) is 7.13. The average Bonchev–Trinajstić information content (AvgIpc) is 2.75. The van der Waals surface area contributed by atoms with Crippen LogP contribution < -0.4 is 0 Å². The van der Waals surface area contributed by atoms with Crippen molar-refractivity contribution in [2.75, 3.05) is 0 Å². The van der Waals surface area contributed by atoms with Gasteiger partial charge in [-0.3, -0.25) is 0 Å². The summed E-state index contributed by atoms with van der Waals surface area (Å²) in [7, 11) is 0. The highest BCUT2D eigenvalue weighted by molar-refractivity contribution is 5.27. The monoisotopic (exact) mass is 400 g/mol. The summed E-state index contributed by atoms with van der Waals surface area (Å²) in [4.78, 5) is 0. The van der Waals surface area contributed by atoms with Crippen molar-refractivity contribution in [2.45, 2.75) is 142 Å². The number of hydrogen-bond donors (Lipinski definition) is 0. The van der Waals surface area contributed by atoms with Crippen molar-refractivity contribution in [2.24, 2.45) is 5.92 Å². The van der Waals surface area contributed by atoms with Gasteiger partial charge in [0.15, 0.2) is 0 Å². The van der Waals surface area contributed by atoms with Gasteiger partial charge in [-0.15, -0.1) is 0 Å². The van der Waals surface area contributed by atoms with E-state index in [0.717, 1.165) is 5.92 Å². The summed E-state index contributed by atoms with van der Waals surface area (Å²) in [6.07, 6.45) is 23.7. The van der Waals surface area contributed by atoms with Crippen molar-refractivity contribution in [3.8, 4) is 0 Å². The molecule has 0 N–H and O–H groups in total. The van der Waals surface area contributed by atoms with Crippen LogP contribution in [0.1, 0.15) is 142 Å². The molecule has 1 rings (SSSR count). The fraction of sp³-hybridized carbons (Fsp3) is 0.793. The first-order chi connectivity index (χ1) is 14.2. The number of benzene rings is 1. The summed E-state index contributed by atoms with van der Waals surface area (Å²) in [5.74, 6) is 0.856. The van der Waals surface area contributed by atoms with Gasteiger partial charge in [0.1, 0.15) is 0 Å². The van der Waals surface area contributed by atoms with E-state index in [2.05, 4.69) is 58.0 Å². The molecule has 29 heavy (non-hydrogen) atoms. The third kappa shape index (κ3) is 9.71.